The molecule has 3 amide bonds. The number of hydrogen-bond acceptors (Lipinski definition) is 7. The van der Waals surface area contributed by atoms with E-state index in [4.69, 9.17) is 4.74 Å². The number of aromatic carboxylic acids is 1. The maximum atomic E-state index is 13.9. The number of thiazole rings is 1. The number of carbonyl (C=O) groups is 4. The van der Waals surface area contributed by atoms with E-state index in [1.807, 2.05) is 58.0 Å². The molecule has 2 aromatic rings. The second-order valence-corrected chi connectivity index (χ2v) is 12.3. The predicted molar refractivity (Wildman–Crippen MR) is 161 cm³/mol. The van der Waals surface area contributed by atoms with E-state index in [1.165, 1.54) is 21.6 Å². The molecule has 230 valence electrons. The van der Waals surface area contributed by atoms with Gasteiger partial charge in [-0.15, -0.1) is 11.3 Å². The highest BCUT2D eigenvalue weighted by Crippen LogP contribution is 2.23. The van der Waals surface area contributed by atoms with E-state index in [1.54, 1.807) is 11.9 Å². The Hall–Kier alpha value is -3.47. The fourth-order valence-electron chi connectivity index (χ4n) is 5.31. The van der Waals surface area contributed by atoms with Crippen molar-refractivity contribution in [1.29, 1.82) is 0 Å². The molecule has 1 fully saturated rings. The van der Waals surface area contributed by atoms with Crippen LogP contribution >= 0.6 is 11.3 Å². The summed E-state index contributed by atoms with van der Waals surface area (Å²) in [4.78, 5) is 59.1. The average Bonchev–Trinajstić information content (AvgIpc) is 3.47. The lowest BCUT2D eigenvalue weighted by molar-refractivity contribution is -0.140. The number of rotatable bonds is 13. The van der Waals surface area contributed by atoms with E-state index >= 15 is 0 Å². The Morgan fingerprint density at radius 2 is 1.88 bits per heavy atom. The Bertz CT molecular complexity index is 1200. The van der Waals surface area contributed by atoms with Crippen molar-refractivity contribution in [3.05, 3.63) is 52.0 Å². The third-order valence-corrected chi connectivity index (χ3v) is 8.97. The molecule has 0 spiro atoms. The number of amides is 3. The molecule has 4 atom stereocenters. The van der Waals surface area contributed by atoms with Crippen molar-refractivity contribution >= 4 is 35.2 Å². The van der Waals surface area contributed by atoms with Gasteiger partial charge in [0.05, 0.1) is 5.01 Å². The van der Waals surface area contributed by atoms with Crippen LogP contribution in [0, 0.1) is 11.8 Å². The van der Waals surface area contributed by atoms with Gasteiger partial charge >= 0.3 is 12.1 Å². The molecule has 3 rings (SSSR count). The third-order valence-electron chi connectivity index (χ3n) is 8.06. The summed E-state index contributed by atoms with van der Waals surface area (Å²) in [6.07, 6.45) is 3.39. The summed E-state index contributed by atoms with van der Waals surface area (Å²) >= 11 is 1.30. The summed E-state index contributed by atoms with van der Waals surface area (Å²) in [7, 11) is 1.76. The molecule has 11 heteroatoms. The second kappa shape index (κ2) is 15.7. The molecule has 1 aromatic carbocycles. The molecule has 0 bridgehead atoms. The summed E-state index contributed by atoms with van der Waals surface area (Å²) in [5, 5.41) is 14.4. The smallest absolute Gasteiger partial charge is 0.410 e. The van der Waals surface area contributed by atoms with Crippen molar-refractivity contribution in [1.82, 2.24) is 20.1 Å². The van der Waals surface area contributed by atoms with E-state index in [2.05, 4.69) is 10.3 Å². The van der Waals surface area contributed by atoms with Gasteiger partial charge in [0.25, 0.3) is 0 Å². The number of likely N-dealkylation sites (tertiary alicyclic amines) is 1. The molecular formula is C31H44N4O6S. The minimum absolute atomic E-state index is 0.0285. The van der Waals surface area contributed by atoms with Gasteiger partial charge in [-0.05, 0) is 43.1 Å². The van der Waals surface area contributed by atoms with Gasteiger partial charge in [0.1, 0.15) is 18.7 Å². The number of aryl methyl sites for hydroxylation is 1. The monoisotopic (exact) mass is 600 g/mol. The Morgan fingerprint density at radius 3 is 2.50 bits per heavy atom. The Labute approximate surface area is 252 Å². The number of ether oxygens (including phenoxy) is 1. The van der Waals surface area contributed by atoms with Crippen LogP contribution in [0.1, 0.15) is 80.9 Å². The first-order valence-corrected chi connectivity index (χ1v) is 15.6. The third kappa shape index (κ3) is 8.77. The van der Waals surface area contributed by atoms with Gasteiger partial charge in [0, 0.05) is 31.4 Å². The van der Waals surface area contributed by atoms with Crippen LogP contribution in [0.5, 0.6) is 0 Å². The molecule has 0 saturated carbocycles. The molecule has 1 aliphatic heterocycles. The van der Waals surface area contributed by atoms with Gasteiger partial charge in [-0.25, -0.2) is 14.6 Å². The Balaban J connectivity index is 1.69. The summed E-state index contributed by atoms with van der Waals surface area (Å²) in [6.45, 7) is 8.54. The van der Waals surface area contributed by atoms with Crippen LogP contribution in [-0.4, -0.2) is 75.5 Å². The quantitative estimate of drug-likeness (QED) is 0.332. The maximum Gasteiger partial charge on any atom is 0.410 e. The predicted octanol–water partition coefficient (Wildman–Crippen LogP) is 4.98. The van der Waals surface area contributed by atoms with Crippen LogP contribution in [-0.2, 0) is 27.4 Å². The van der Waals surface area contributed by atoms with Crippen molar-refractivity contribution in [3.63, 3.8) is 0 Å². The standard InChI is InChI=1S/C31H44N4O6S/c1-6-21(4)27(29(37)34(5)24(20(2)3)15-16-26-32-23(19-42-26)30(38)39)33-28(36)25-14-10-11-17-35(25)31(40)41-18-22-12-8-7-9-13-22/h7-9,12-13,19-21,24-25,27H,6,10-11,14-18H2,1-5H3,(H,33,36)(H,38,39)/t21-,24+,25+,27-/m0/s1. The van der Waals surface area contributed by atoms with E-state index in [-0.39, 0.29) is 42.0 Å². The van der Waals surface area contributed by atoms with Crippen LogP contribution in [0.3, 0.4) is 0 Å². The SMILES string of the molecule is CC[C@H](C)[C@H](NC(=O)[C@H]1CCCCN1C(=O)OCc1ccccc1)C(=O)N(C)[C@H](CCc1nc(C(=O)O)cs1)C(C)C. The Morgan fingerprint density at radius 1 is 1.17 bits per heavy atom. The van der Waals surface area contributed by atoms with Crippen molar-refractivity contribution in [2.45, 2.75) is 91.0 Å². The lowest BCUT2D eigenvalue weighted by Crippen LogP contribution is -2.59. The van der Waals surface area contributed by atoms with Crippen molar-refractivity contribution < 1.29 is 29.0 Å². The van der Waals surface area contributed by atoms with E-state index in [0.717, 1.165) is 18.4 Å². The minimum atomic E-state index is -1.06. The minimum Gasteiger partial charge on any atom is -0.476 e. The van der Waals surface area contributed by atoms with Crippen molar-refractivity contribution in [3.8, 4) is 0 Å². The topological polar surface area (TPSA) is 129 Å². The molecule has 0 radical (unpaired) electrons. The van der Waals surface area contributed by atoms with Gasteiger partial charge in [0.2, 0.25) is 11.8 Å². The maximum absolute atomic E-state index is 13.9. The number of nitrogens with zero attached hydrogens (tertiary/aromatic N) is 3. The molecule has 1 aromatic heterocycles. The van der Waals surface area contributed by atoms with Crippen LogP contribution in [0.15, 0.2) is 35.7 Å². The number of carbonyl (C=O) groups excluding carboxylic acids is 3. The van der Waals surface area contributed by atoms with Crippen molar-refractivity contribution in [2.24, 2.45) is 11.8 Å². The number of benzene rings is 1. The molecule has 2 heterocycles. The van der Waals surface area contributed by atoms with Gasteiger partial charge in [-0.2, -0.15) is 0 Å². The van der Waals surface area contributed by atoms with Crippen LogP contribution in [0.2, 0.25) is 0 Å². The highest BCUT2D eigenvalue weighted by molar-refractivity contribution is 7.09. The number of aromatic nitrogens is 1. The lowest BCUT2D eigenvalue weighted by Gasteiger charge is -2.38. The highest BCUT2D eigenvalue weighted by Gasteiger charge is 2.38. The number of hydrogen-bond donors (Lipinski definition) is 2. The van der Waals surface area contributed by atoms with Crippen LogP contribution in [0.25, 0.3) is 0 Å². The molecule has 42 heavy (non-hydrogen) atoms. The number of piperidine rings is 1. The number of nitrogens with one attached hydrogen (secondary N) is 1. The normalized spacial score (nSPS) is 17.3. The molecule has 1 aliphatic rings. The fourth-order valence-corrected chi connectivity index (χ4v) is 6.10. The number of carboxylic acid groups (broad SMARTS) is 1. The summed E-state index contributed by atoms with van der Waals surface area (Å²) < 4.78 is 5.54. The Kier molecular flexibility index (Phi) is 12.3. The first-order valence-electron chi connectivity index (χ1n) is 14.8. The zero-order chi connectivity index (χ0) is 30.8. The van der Waals surface area contributed by atoms with Gasteiger partial charge < -0.3 is 20.1 Å². The van der Waals surface area contributed by atoms with Crippen molar-refractivity contribution in [2.75, 3.05) is 13.6 Å². The summed E-state index contributed by atoms with van der Waals surface area (Å²) in [6, 6.07) is 7.80. The molecule has 2 N–H and O–H groups in total. The number of likely N-dealkylation sites (N-methyl/N-ethyl adjacent to an activating group) is 1. The molecule has 10 nitrogen and oxygen atoms in total. The summed E-state index contributed by atoms with van der Waals surface area (Å²) in [5.74, 6) is -1.59. The first-order chi connectivity index (χ1) is 20.0. The van der Waals surface area contributed by atoms with Gasteiger partial charge in [-0.1, -0.05) is 64.4 Å². The fraction of sp³-hybridized carbons (Fsp3) is 0.581. The molecule has 1 saturated heterocycles. The molecule has 0 aliphatic carbocycles. The van der Waals surface area contributed by atoms with E-state index < -0.39 is 24.1 Å². The van der Waals surface area contributed by atoms with Gasteiger partial charge in [-0.3, -0.25) is 14.5 Å². The highest BCUT2D eigenvalue weighted by atomic mass is 32.1. The zero-order valence-electron chi connectivity index (χ0n) is 25.2. The molecule has 0 unspecified atom stereocenters. The summed E-state index contributed by atoms with van der Waals surface area (Å²) in [5.41, 5.74) is 0.895. The van der Waals surface area contributed by atoms with E-state index in [0.29, 0.717) is 37.2 Å². The lowest BCUT2D eigenvalue weighted by atomic mass is 9.93. The largest absolute Gasteiger partial charge is 0.476 e. The number of carboxylic acids is 1. The van der Waals surface area contributed by atoms with Crippen LogP contribution < -0.4 is 5.32 Å². The van der Waals surface area contributed by atoms with Gasteiger partial charge in [0.15, 0.2) is 5.69 Å². The molecular weight excluding hydrogens is 556 g/mol. The van der Waals surface area contributed by atoms with E-state index in [9.17, 15) is 24.3 Å². The second-order valence-electron chi connectivity index (χ2n) is 11.3. The first kappa shape index (κ1) is 33.0. The zero-order valence-corrected chi connectivity index (χ0v) is 26.1. The average molecular weight is 601 g/mol. The van der Waals surface area contributed by atoms with Crippen LogP contribution in [0.4, 0.5) is 4.79 Å².